The largest absolute Gasteiger partial charge is 1.00 e. The average molecular weight is 420 g/mol. The molecule has 0 aromatic heterocycles. The number of rotatable bonds is 1. The van der Waals surface area contributed by atoms with Gasteiger partial charge in [0.25, 0.3) is 0 Å². The van der Waals surface area contributed by atoms with Crippen LogP contribution in [0.15, 0.2) is 36.4 Å². The van der Waals surface area contributed by atoms with Gasteiger partial charge in [0.1, 0.15) is 5.75 Å². The van der Waals surface area contributed by atoms with Gasteiger partial charge in [-0.05, 0) is 29.7 Å². The molecule has 1 aromatic rings. The average Bonchev–Trinajstić information content (AvgIpc) is 2.97. The van der Waals surface area contributed by atoms with Gasteiger partial charge in [-0.3, -0.25) is 6.08 Å². The Bertz CT molecular complexity index is 504. The first-order valence-corrected chi connectivity index (χ1v) is 11.6. The summed E-state index contributed by atoms with van der Waals surface area (Å²) < 4.78 is 0. The summed E-state index contributed by atoms with van der Waals surface area (Å²) in [7, 11) is -1.50. The molecule has 0 atom stereocenters. The fourth-order valence-electron chi connectivity index (χ4n) is 1.90. The normalized spacial score (nSPS) is 12.0. The summed E-state index contributed by atoms with van der Waals surface area (Å²) in [6, 6.07) is 5.97. The van der Waals surface area contributed by atoms with Crippen molar-refractivity contribution >= 4 is 18.1 Å². The van der Waals surface area contributed by atoms with Crippen molar-refractivity contribution in [2.24, 2.45) is 0 Å². The van der Waals surface area contributed by atoms with Gasteiger partial charge in [-0.15, -0.1) is 6.42 Å². The summed E-state index contributed by atoms with van der Waals surface area (Å²) in [6.45, 7) is 13.6. The Morgan fingerprint density at radius 3 is 1.96 bits per heavy atom. The number of aromatic hydroxyl groups is 1. The number of halogens is 2. The minimum atomic E-state index is -1.50. The van der Waals surface area contributed by atoms with Crippen molar-refractivity contribution in [3.05, 3.63) is 48.1 Å². The fraction of sp³-hybridized carbons (Fsp3) is 0.421. The van der Waals surface area contributed by atoms with Crippen LogP contribution in [0.4, 0.5) is 0 Å². The van der Waals surface area contributed by atoms with E-state index in [4.69, 9.17) is 0 Å². The second-order valence-corrected chi connectivity index (χ2v) is 12.3. The van der Waals surface area contributed by atoms with Crippen molar-refractivity contribution < 1.29 is 49.9 Å². The fourth-order valence-corrected chi connectivity index (χ4v) is 3.86. The van der Waals surface area contributed by atoms with E-state index in [9.17, 15) is 5.11 Å². The van der Waals surface area contributed by atoms with Crippen molar-refractivity contribution in [2.45, 2.75) is 52.2 Å². The molecule has 1 aromatic carbocycles. The molecule has 0 aliphatic heterocycles. The molecular weight excluding hydrogens is 391 g/mol. The molecule has 0 saturated heterocycles. The Morgan fingerprint density at radius 2 is 1.67 bits per heavy atom. The number of phenolic OH excluding ortho intramolecular Hbond substituents is 1. The minimum Gasteiger partial charge on any atom is -1.00 e. The van der Waals surface area contributed by atoms with Crippen LogP contribution in [0.5, 0.6) is 5.75 Å². The van der Waals surface area contributed by atoms with Gasteiger partial charge in [0.05, 0.1) is 8.07 Å². The molecule has 0 bridgehead atoms. The third-order valence-corrected chi connectivity index (χ3v) is 9.73. The summed E-state index contributed by atoms with van der Waals surface area (Å²) >= 11 is 1.75. The summed E-state index contributed by atoms with van der Waals surface area (Å²) in [5.41, 5.74) is 1.15. The molecule has 1 N–H and O–H groups in total. The van der Waals surface area contributed by atoms with Crippen LogP contribution in [-0.2, 0) is 20.0 Å². The van der Waals surface area contributed by atoms with E-state index < -0.39 is 8.07 Å². The van der Waals surface area contributed by atoms with Crippen LogP contribution in [0.2, 0.25) is 18.1 Å². The summed E-state index contributed by atoms with van der Waals surface area (Å²) in [5.74, 6) is 0.398. The zero-order valence-corrected chi connectivity index (χ0v) is 19.7. The van der Waals surface area contributed by atoms with Gasteiger partial charge < -0.3 is 29.9 Å². The van der Waals surface area contributed by atoms with Gasteiger partial charge in [0.15, 0.2) is 0 Å². The van der Waals surface area contributed by atoms with Gasteiger partial charge in [-0.1, -0.05) is 45.1 Å². The van der Waals surface area contributed by atoms with E-state index in [1.807, 2.05) is 31.2 Å². The monoisotopic (exact) mass is 419 g/mol. The summed E-state index contributed by atoms with van der Waals surface area (Å²) in [4.78, 5) is 3.25. The molecule has 1 nitrogen and oxygen atoms in total. The zero-order valence-electron chi connectivity index (χ0n) is 15.6. The van der Waals surface area contributed by atoms with E-state index in [2.05, 4.69) is 56.9 Å². The van der Waals surface area contributed by atoms with Crippen molar-refractivity contribution in [1.29, 1.82) is 0 Å². The van der Waals surface area contributed by atoms with E-state index in [1.165, 1.54) is 5.19 Å². The predicted molar refractivity (Wildman–Crippen MR) is 98.4 cm³/mol. The molecule has 0 unspecified atom stereocenters. The first-order valence-electron chi connectivity index (χ1n) is 7.53. The molecule has 1 aliphatic carbocycles. The van der Waals surface area contributed by atoms with E-state index >= 15 is 0 Å². The number of phenols is 1. The maximum atomic E-state index is 9.65. The maximum absolute atomic E-state index is 9.65. The van der Waals surface area contributed by atoms with Crippen LogP contribution in [0.1, 0.15) is 32.8 Å². The second-order valence-electron chi connectivity index (χ2n) is 6.94. The van der Waals surface area contributed by atoms with Crippen LogP contribution in [0.25, 0.3) is 0 Å². The molecular formula is C19H29Cl2OSiTi-2. The van der Waals surface area contributed by atoms with Crippen LogP contribution in [0, 0.1) is 13.0 Å². The Morgan fingerprint density at radius 1 is 1.12 bits per heavy atom. The van der Waals surface area contributed by atoms with Crippen molar-refractivity contribution in [1.82, 2.24) is 0 Å². The Balaban J connectivity index is -0.000000415. The zero-order chi connectivity index (χ0) is 17.4. The first kappa shape index (κ1) is 28.7. The van der Waals surface area contributed by atoms with E-state index in [-0.39, 0.29) is 24.8 Å². The van der Waals surface area contributed by atoms with Crippen LogP contribution in [0.3, 0.4) is 0 Å². The Kier molecular flexibility index (Phi) is 15.7. The van der Waals surface area contributed by atoms with Crippen molar-refractivity contribution in [3.8, 4) is 5.75 Å². The van der Waals surface area contributed by atoms with Crippen molar-refractivity contribution in [3.63, 3.8) is 0 Å². The number of allylic oxidation sites excluding steroid dienone is 4. The second kappa shape index (κ2) is 13.1. The third kappa shape index (κ3) is 9.39. The van der Waals surface area contributed by atoms with Crippen LogP contribution in [-0.4, -0.2) is 18.0 Å². The molecule has 2 rings (SSSR count). The number of benzene rings is 1. The van der Waals surface area contributed by atoms with Gasteiger partial charge in [0, 0.05) is 0 Å². The molecule has 24 heavy (non-hydrogen) atoms. The molecule has 0 amide bonds. The molecule has 0 spiro atoms. The molecule has 0 fully saturated rings. The van der Waals surface area contributed by atoms with E-state index in [0.29, 0.717) is 10.8 Å². The van der Waals surface area contributed by atoms with Crippen molar-refractivity contribution in [2.75, 3.05) is 0 Å². The minimum absolute atomic E-state index is 0. The molecule has 0 saturated carbocycles. The quantitative estimate of drug-likeness (QED) is 0.443. The van der Waals surface area contributed by atoms with Gasteiger partial charge >= 0.3 is 24.8 Å². The number of hydrogen-bond donors (Lipinski definition) is 1. The van der Waals surface area contributed by atoms with Crippen LogP contribution < -0.4 is 30.0 Å². The standard InChI is InChI=1S/C13H22OSi.C5H5.CH2.2ClH.Ti/c1-10-7-11(14)9-12(8-10)15(5,6)13(2,3)4;1-2-4-5-3-1;;;;/h7-9,14H,1-6H3;1-3H,4H2;1H2;2*1H;/q;-1;;;;+1/p-2. The molecule has 0 radical (unpaired) electrons. The Hall–Kier alpha value is -0.119. The molecule has 1 aliphatic rings. The maximum Gasteiger partial charge on any atom is -1.00 e. The molecule has 5 heteroatoms. The predicted octanol–water partition coefficient (Wildman–Crippen LogP) is -1.30. The Labute approximate surface area is 173 Å². The SMILES string of the molecule is Cc1cc(O)cc([Si](C)(C)C(C)(C)C)c1.[C-]1=CC=CC1.[CH2]=[Ti+].[Cl-].[Cl-]. The van der Waals surface area contributed by atoms with Gasteiger partial charge in [-0.25, -0.2) is 12.2 Å². The number of hydrogen-bond acceptors (Lipinski definition) is 1. The topological polar surface area (TPSA) is 20.2 Å². The molecule has 0 heterocycles. The summed E-state index contributed by atoms with van der Waals surface area (Å²) in [5, 5.41) is 11.3. The van der Waals surface area contributed by atoms with Crippen LogP contribution >= 0.6 is 0 Å². The first-order chi connectivity index (χ1) is 10.1. The molecule has 135 valence electrons. The van der Waals surface area contributed by atoms with E-state index in [0.717, 1.165) is 12.0 Å². The smallest absolute Gasteiger partial charge is 1.00 e. The third-order valence-electron chi connectivity index (χ3n) is 4.24. The van der Waals surface area contributed by atoms with Gasteiger partial charge in [0.2, 0.25) is 0 Å². The van der Waals surface area contributed by atoms with E-state index in [1.54, 1.807) is 20.0 Å². The number of aryl methyl sites for hydroxylation is 1. The van der Waals surface area contributed by atoms with Gasteiger partial charge in [-0.2, -0.15) is 6.08 Å². The summed E-state index contributed by atoms with van der Waals surface area (Å²) in [6.07, 6.45) is 10.0.